The molecule has 1 fully saturated rings. The van der Waals surface area contributed by atoms with E-state index in [0.717, 1.165) is 0 Å². The normalized spacial score (nSPS) is 14.2. The lowest BCUT2D eigenvalue weighted by Crippen LogP contribution is -2.46. The quantitative estimate of drug-likeness (QED) is 0.466. The molecule has 1 aliphatic heterocycles. The average molecular weight is 417 g/mol. The summed E-state index contributed by atoms with van der Waals surface area (Å²) in [5.41, 5.74) is 8.49. The summed E-state index contributed by atoms with van der Waals surface area (Å²) in [6.45, 7) is 4.99. The van der Waals surface area contributed by atoms with Gasteiger partial charge in [0.25, 0.3) is 5.69 Å². The van der Waals surface area contributed by atoms with E-state index in [1.54, 1.807) is 25.1 Å². The summed E-state index contributed by atoms with van der Waals surface area (Å²) in [5, 5.41) is 11.4. The fourth-order valence-corrected chi connectivity index (χ4v) is 3.11. The molecule has 9 heteroatoms. The molecule has 1 saturated heterocycles. The van der Waals surface area contributed by atoms with Gasteiger partial charge in [-0.15, -0.1) is 24.8 Å². The molecule has 2 aromatic rings. The predicted octanol–water partition coefficient (Wildman–Crippen LogP) is 3.79. The summed E-state index contributed by atoms with van der Waals surface area (Å²) in [5.74, 6) is -0.202. The van der Waals surface area contributed by atoms with Crippen molar-refractivity contribution in [3.05, 3.63) is 63.5 Å². The molecule has 0 bridgehead atoms. The van der Waals surface area contributed by atoms with Crippen LogP contribution in [0.25, 0.3) is 0 Å². The zero-order valence-electron chi connectivity index (χ0n) is 14.9. The predicted molar refractivity (Wildman–Crippen MR) is 111 cm³/mol. The van der Waals surface area contributed by atoms with E-state index in [1.165, 1.54) is 12.1 Å². The molecule has 0 spiro atoms. The van der Waals surface area contributed by atoms with E-state index in [0.29, 0.717) is 55.2 Å². The van der Waals surface area contributed by atoms with Crippen molar-refractivity contribution in [2.75, 3.05) is 36.8 Å². The molecule has 6 nitrogen and oxygen atoms in total. The van der Waals surface area contributed by atoms with E-state index in [1.807, 2.05) is 11.0 Å². The van der Waals surface area contributed by atoms with Crippen LogP contribution < -0.4 is 10.6 Å². The fraction of sp³-hybridized carbons (Fsp3) is 0.333. The van der Waals surface area contributed by atoms with Crippen LogP contribution in [0.4, 0.5) is 21.5 Å². The Labute approximate surface area is 170 Å². The van der Waals surface area contributed by atoms with Crippen LogP contribution in [0, 0.1) is 22.9 Å². The molecule has 0 saturated carbocycles. The van der Waals surface area contributed by atoms with Crippen LogP contribution in [0.1, 0.15) is 11.1 Å². The van der Waals surface area contributed by atoms with Gasteiger partial charge in [0.2, 0.25) is 0 Å². The third-order valence-corrected chi connectivity index (χ3v) is 4.62. The maximum atomic E-state index is 13.8. The summed E-state index contributed by atoms with van der Waals surface area (Å²) in [4.78, 5) is 15.1. The Balaban J connectivity index is 0.00000182. The molecular weight excluding hydrogens is 394 g/mol. The molecule has 0 amide bonds. The molecule has 2 N–H and O–H groups in total. The second-order valence-corrected chi connectivity index (χ2v) is 6.31. The van der Waals surface area contributed by atoms with Gasteiger partial charge in [-0.05, 0) is 24.6 Å². The number of nitrogens with zero attached hydrogens (tertiary/aromatic N) is 3. The Kier molecular flexibility index (Phi) is 8.27. The Morgan fingerprint density at radius 1 is 1.15 bits per heavy atom. The van der Waals surface area contributed by atoms with Gasteiger partial charge in [0.15, 0.2) is 0 Å². The molecule has 2 aromatic carbocycles. The van der Waals surface area contributed by atoms with Crippen LogP contribution in [0.2, 0.25) is 0 Å². The molecule has 0 aromatic heterocycles. The van der Waals surface area contributed by atoms with E-state index in [9.17, 15) is 14.5 Å². The Bertz CT molecular complexity index is 799. The zero-order valence-corrected chi connectivity index (χ0v) is 16.6. The number of nitro benzene ring substituents is 1. The Hall–Kier alpha value is -2.09. The van der Waals surface area contributed by atoms with Crippen LogP contribution in [-0.4, -0.2) is 36.0 Å². The number of nitro groups is 1. The van der Waals surface area contributed by atoms with Crippen LogP contribution in [0.15, 0.2) is 36.4 Å². The largest absolute Gasteiger partial charge is 0.398 e. The molecule has 1 aliphatic rings. The van der Waals surface area contributed by atoms with Gasteiger partial charge in [0.1, 0.15) is 11.5 Å². The third-order valence-electron chi connectivity index (χ3n) is 4.62. The third kappa shape index (κ3) is 5.22. The minimum absolute atomic E-state index is 0. The van der Waals surface area contributed by atoms with Crippen molar-refractivity contribution in [1.82, 2.24) is 4.90 Å². The number of piperazine rings is 1. The van der Waals surface area contributed by atoms with E-state index in [-0.39, 0.29) is 41.2 Å². The Morgan fingerprint density at radius 2 is 1.78 bits per heavy atom. The van der Waals surface area contributed by atoms with Crippen LogP contribution in [0.3, 0.4) is 0 Å². The standard InChI is InChI=1S/C18H21FN4O2.2ClH/c1-13-10-18(23(24)25)17(11-16(13)20)22-8-6-21(7-9-22)12-14-4-2-3-5-15(14)19;;/h2-5,10-11H,6-9,12,20H2,1H3;2*1H. The summed E-state index contributed by atoms with van der Waals surface area (Å²) >= 11 is 0. The highest BCUT2D eigenvalue weighted by molar-refractivity contribution is 5.85. The number of halogens is 3. The van der Waals surface area contributed by atoms with Gasteiger partial charge in [-0.3, -0.25) is 15.0 Å². The highest BCUT2D eigenvalue weighted by atomic mass is 35.5. The molecule has 0 unspecified atom stereocenters. The summed E-state index contributed by atoms with van der Waals surface area (Å²) in [6.07, 6.45) is 0. The van der Waals surface area contributed by atoms with Crippen LogP contribution in [-0.2, 0) is 6.54 Å². The number of aryl methyl sites for hydroxylation is 1. The molecule has 0 aliphatic carbocycles. The van der Waals surface area contributed by atoms with Crippen LogP contribution in [0.5, 0.6) is 0 Å². The first-order valence-electron chi connectivity index (χ1n) is 8.21. The summed E-state index contributed by atoms with van der Waals surface area (Å²) in [7, 11) is 0. The van der Waals surface area contributed by atoms with Crippen molar-refractivity contribution >= 4 is 41.9 Å². The molecular formula is C18H23Cl2FN4O2. The molecule has 148 valence electrons. The summed E-state index contributed by atoms with van der Waals surface area (Å²) in [6, 6.07) is 9.96. The van der Waals surface area contributed by atoms with Crippen molar-refractivity contribution in [3.63, 3.8) is 0 Å². The first-order valence-corrected chi connectivity index (χ1v) is 8.21. The maximum Gasteiger partial charge on any atom is 0.292 e. The van der Waals surface area contributed by atoms with Crippen molar-refractivity contribution in [3.8, 4) is 0 Å². The van der Waals surface area contributed by atoms with Gasteiger partial charge >= 0.3 is 0 Å². The van der Waals surface area contributed by atoms with Crippen molar-refractivity contribution in [2.24, 2.45) is 0 Å². The van der Waals surface area contributed by atoms with E-state index in [4.69, 9.17) is 5.73 Å². The number of benzene rings is 2. The fourth-order valence-electron chi connectivity index (χ4n) is 3.11. The lowest BCUT2D eigenvalue weighted by Gasteiger charge is -2.36. The van der Waals surface area contributed by atoms with Gasteiger partial charge in [0, 0.05) is 50.0 Å². The van der Waals surface area contributed by atoms with Gasteiger partial charge in [-0.2, -0.15) is 0 Å². The molecule has 1 heterocycles. The van der Waals surface area contributed by atoms with E-state index in [2.05, 4.69) is 4.90 Å². The molecule has 3 rings (SSSR count). The SMILES string of the molecule is Cc1cc([N+](=O)[O-])c(N2CCN(Cc3ccccc3F)CC2)cc1N.Cl.Cl. The van der Waals surface area contributed by atoms with Crippen molar-refractivity contribution in [2.45, 2.75) is 13.5 Å². The summed E-state index contributed by atoms with van der Waals surface area (Å²) < 4.78 is 13.8. The molecule has 27 heavy (non-hydrogen) atoms. The minimum Gasteiger partial charge on any atom is -0.398 e. The lowest BCUT2D eigenvalue weighted by molar-refractivity contribution is -0.384. The van der Waals surface area contributed by atoms with Gasteiger partial charge < -0.3 is 10.6 Å². The van der Waals surface area contributed by atoms with Gasteiger partial charge in [0.05, 0.1) is 4.92 Å². The number of nitrogens with two attached hydrogens (primary N) is 1. The molecule has 0 atom stereocenters. The number of nitrogen functional groups attached to an aromatic ring is 1. The van der Waals surface area contributed by atoms with Crippen LogP contribution >= 0.6 is 24.8 Å². The monoisotopic (exact) mass is 416 g/mol. The zero-order chi connectivity index (χ0) is 18.0. The average Bonchev–Trinajstić information content (AvgIpc) is 2.59. The van der Waals surface area contributed by atoms with E-state index < -0.39 is 0 Å². The number of anilines is 2. The van der Waals surface area contributed by atoms with Crippen molar-refractivity contribution in [1.29, 1.82) is 0 Å². The van der Waals surface area contributed by atoms with Gasteiger partial charge in [-0.1, -0.05) is 18.2 Å². The second-order valence-electron chi connectivity index (χ2n) is 6.31. The first kappa shape index (κ1) is 23.0. The minimum atomic E-state index is -0.368. The highest BCUT2D eigenvalue weighted by Crippen LogP contribution is 2.33. The number of hydrogen-bond acceptors (Lipinski definition) is 5. The lowest BCUT2D eigenvalue weighted by atomic mass is 10.1. The molecule has 0 radical (unpaired) electrons. The Morgan fingerprint density at radius 3 is 2.37 bits per heavy atom. The maximum absolute atomic E-state index is 13.8. The number of hydrogen-bond donors (Lipinski definition) is 1. The first-order chi connectivity index (χ1) is 12.0. The smallest absolute Gasteiger partial charge is 0.292 e. The topological polar surface area (TPSA) is 75.6 Å². The highest BCUT2D eigenvalue weighted by Gasteiger charge is 2.25. The van der Waals surface area contributed by atoms with Crippen molar-refractivity contribution < 1.29 is 9.31 Å². The number of rotatable bonds is 4. The van der Waals surface area contributed by atoms with E-state index >= 15 is 0 Å². The second kappa shape index (κ2) is 9.73. The van der Waals surface area contributed by atoms with Gasteiger partial charge in [-0.25, -0.2) is 4.39 Å².